The van der Waals surface area contributed by atoms with Gasteiger partial charge in [-0.05, 0) is 50.4 Å². The highest BCUT2D eigenvalue weighted by molar-refractivity contribution is 6.07. The number of benzene rings is 1. The lowest BCUT2D eigenvalue weighted by atomic mass is 9.97. The summed E-state index contributed by atoms with van der Waals surface area (Å²) in [5, 5.41) is 17.1. The molecule has 0 spiro atoms. The molecule has 7 nitrogen and oxygen atoms in total. The number of fused-ring (bicyclic) bond motifs is 1. The van der Waals surface area contributed by atoms with Gasteiger partial charge < -0.3 is 15.7 Å². The molecule has 2 aromatic heterocycles. The maximum Gasteiger partial charge on any atom is 0.254 e. The van der Waals surface area contributed by atoms with Crippen molar-refractivity contribution in [3.05, 3.63) is 41.3 Å². The maximum absolute atomic E-state index is 14.4. The fourth-order valence-corrected chi connectivity index (χ4v) is 3.81. The number of nitrogens with one attached hydrogen (secondary N) is 1. The SMILES string of the molecule is Cc1[nH]nc2nc(-c3ccc(O)cc3F)cc(C(=O)N3CCC[C@@H](CN)C3)c12. The molecule has 0 aliphatic carbocycles. The molecule has 28 heavy (non-hydrogen) atoms. The number of carbonyl (C=O) groups is 1. The molecule has 3 aromatic rings. The van der Waals surface area contributed by atoms with Gasteiger partial charge in [-0.2, -0.15) is 5.10 Å². The molecule has 1 saturated heterocycles. The van der Waals surface area contributed by atoms with Gasteiger partial charge in [-0.25, -0.2) is 9.37 Å². The zero-order valence-corrected chi connectivity index (χ0v) is 15.6. The summed E-state index contributed by atoms with van der Waals surface area (Å²) < 4.78 is 14.4. The van der Waals surface area contributed by atoms with Gasteiger partial charge in [-0.15, -0.1) is 0 Å². The lowest BCUT2D eigenvalue weighted by Crippen LogP contribution is -2.42. The van der Waals surface area contributed by atoms with Gasteiger partial charge in [-0.1, -0.05) is 0 Å². The first-order valence-electron chi connectivity index (χ1n) is 9.32. The molecule has 1 aromatic carbocycles. The number of pyridine rings is 1. The van der Waals surface area contributed by atoms with Crippen LogP contribution in [0.4, 0.5) is 4.39 Å². The van der Waals surface area contributed by atoms with E-state index < -0.39 is 5.82 Å². The number of amides is 1. The van der Waals surface area contributed by atoms with E-state index in [1.54, 1.807) is 11.0 Å². The second-order valence-electron chi connectivity index (χ2n) is 7.26. The van der Waals surface area contributed by atoms with E-state index in [1.807, 2.05) is 6.92 Å². The minimum absolute atomic E-state index is 0.129. The summed E-state index contributed by atoms with van der Waals surface area (Å²) in [5.74, 6) is -0.626. The van der Waals surface area contributed by atoms with Gasteiger partial charge >= 0.3 is 0 Å². The molecule has 0 saturated carbocycles. The Kier molecular flexibility index (Phi) is 4.72. The molecule has 1 aliphatic heterocycles. The van der Waals surface area contributed by atoms with E-state index >= 15 is 0 Å². The van der Waals surface area contributed by atoms with Crippen LogP contribution in [0.3, 0.4) is 0 Å². The molecule has 8 heteroatoms. The molecular formula is C20H22FN5O2. The standard InChI is InChI=1S/C20H22FN5O2/c1-11-18-15(20(28)26-6-2-3-12(9-22)10-26)8-17(23-19(18)25-24-11)14-5-4-13(27)7-16(14)21/h4-5,7-8,12,27H,2-3,6,9-10,22H2,1H3,(H,23,24,25)/t12-/m0/s1. The van der Waals surface area contributed by atoms with Gasteiger partial charge in [-0.3, -0.25) is 9.89 Å². The summed E-state index contributed by atoms with van der Waals surface area (Å²) in [6.07, 6.45) is 1.92. The largest absolute Gasteiger partial charge is 0.508 e. The monoisotopic (exact) mass is 383 g/mol. The zero-order chi connectivity index (χ0) is 19.8. The molecule has 3 heterocycles. The van der Waals surface area contributed by atoms with Crippen LogP contribution in [0.1, 0.15) is 28.9 Å². The summed E-state index contributed by atoms with van der Waals surface area (Å²) >= 11 is 0. The minimum atomic E-state index is -0.612. The first-order chi connectivity index (χ1) is 13.5. The van der Waals surface area contributed by atoms with E-state index in [0.29, 0.717) is 41.9 Å². The van der Waals surface area contributed by atoms with E-state index in [0.717, 1.165) is 24.6 Å². The Labute approximate surface area is 161 Å². The second-order valence-corrected chi connectivity index (χ2v) is 7.26. The topological polar surface area (TPSA) is 108 Å². The van der Waals surface area contributed by atoms with Crippen molar-refractivity contribution < 1.29 is 14.3 Å². The molecule has 1 amide bonds. The van der Waals surface area contributed by atoms with Crippen LogP contribution in [0, 0.1) is 18.7 Å². The highest BCUT2D eigenvalue weighted by atomic mass is 19.1. The number of phenols is 1. The zero-order valence-electron chi connectivity index (χ0n) is 15.6. The third kappa shape index (κ3) is 3.20. The number of nitrogens with two attached hydrogens (primary N) is 1. The van der Waals surface area contributed by atoms with Crippen molar-refractivity contribution in [1.82, 2.24) is 20.1 Å². The first kappa shape index (κ1) is 18.4. The third-order valence-corrected chi connectivity index (χ3v) is 5.30. The number of piperidine rings is 1. The van der Waals surface area contributed by atoms with Gasteiger partial charge in [0.25, 0.3) is 5.91 Å². The van der Waals surface area contributed by atoms with Crippen LogP contribution >= 0.6 is 0 Å². The number of aromatic hydroxyl groups is 1. The van der Waals surface area contributed by atoms with Gasteiger partial charge in [0, 0.05) is 30.4 Å². The summed E-state index contributed by atoms with van der Waals surface area (Å²) in [6, 6.07) is 5.46. The number of likely N-dealkylation sites (tertiary alicyclic amines) is 1. The lowest BCUT2D eigenvalue weighted by Gasteiger charge is -2.32. The highest BCUT2D eigenvalue weighted by Gasteiger charge is 2.27. The normalized spacial score (nSPS) is 17.2. The second kappa shape index (κ2) is 7.20. The molecule has 0 radical (unpaired) electrons. The van der Waals surface area contributed by atoms with Gasteiger partial charge in [0.05, 0.1) is 16.6 Å². The molecule has 1 fully saturated rings. The highest BCUT2D eigenvalue weighted by Crippen LogP contribution is 2.30. The Morgan fingerprint density at radius 2 is 2.25 bits per heavy atom. The molecule has 0 unspecified atom stereocenters. The number of carbonyl (C=O) groups excluding carboxylic acids is 1. The maximum atomic E-state index is 14.4. The Bertz CT molecular complexity index is 1050. The number of aromatic nitrogens is 3. The quantitative estimate of drug-likeness (QED) is 0.644. The predicted molar refractivity (Wildman–Crippen MR) is 103 cm³/mol. The Morgan fingerprint density at radius 3 is 3.00 bits per heavy atom. The molecular weight excluding hydrogens is 361 g/mol. The van der Waals surface area contributed by atoms with Crippen molar-refractivity contribution in [2.45, 2.75) is 19.8 Å². The Hall–Kier alpha value is -3.00. The lowest BCUT2D eigenvalue weighted by molar-refractivity contribution is 0.0680. The van der Waals surface area contributed by atoms with Crippen LogP contribution in [-0.4, -0.2) is 50.7 Å². The first-order valence-corrected chi connectivity index (χ1v) is 9.32. The third-order valence-electron chi connectivity index (χ3n) is 5.30. The number of aromatic amines is 1. The molecule has 4 rings (SSSR count). The Morgan fingerprint density at radius 1 is 1.43 bits per heavy atom. The van der Waals surface area contributed by atoms with Gasteiger partial charge in [0.1, 0.15) is 11.6 Å². The summed E-state index contributed by atoms with van der Waals surface area (Å²) in [4.78, 5) is 19.6. The predicted octanol–water partition coefficient (Wildman–Crippen LogP) is 2.59. The number of aryl methyl sites for hydroxylation is 1. The van der Waals surface area contributed by atoms with Crippen LogP contribution in [0.25, 0.3) is 22.3 Å². The summed E-state index contributed by atoms with van der Waals surface area (Å²) in [7, 11) is 0. The average Bonchev–Trinajstić information content (AvgIpc) is 3.07. The van der Waals surface area contributed by atoms with Crippen molar-refractivity contribution in [3.63, 3.8) is 0 Å². The van der Waals surface area contributed by atoms with Crippen LogP contribution in [0.2, 0.25) is 0 Å². The number of nitrogens with zero attached hydrogens (tertiary/aromatic N) is 3. The average molecular weight is 383 g/mol. The molecule has 4 N–H and O–H groups in total. The van der Waals surface area contributed by atoms with Gasteiger partial charge in [0.15, 0.2) is 5.65 Å². The summed E-state index contributed by atoms with van der Waals surface area (Å²) in [6.45, 7) is 3.65. The van der Waals surface area contributed by atoms with E-state index in [-0.39, 0.29) is 23.1 Å². The molecule has 1 aliphatic rings. The number of rotatable bonds is 3. The van der Waals surface area contributed by atoms with Crippen molar-refractivity contribution in [3.8, 4) is 17.0 Å². The van der Waals surface area contributed by atoms with Crippen LogP contribution in [0.15, 0.2) is 24.3 Å². The smallest absolute Gasteiger partial charge is 0.254 e. The summed E-state index contributed by atoms with van der Waals surface area (Å²) in [5.41, 5.74) is 7.84. The molecule has 146 valence electrons. The van der Waals surface area contributed by atoms with Crippen molar-refractivity contribution in [1.29, 1.82) is 0 Å². The molecule has 0 bridgehead atoms. The van der Waals surface area contributed by atoms with Crippen LogP contribution in [0.5, 0.6) is 5.75 Å². The molecule has 1 atom stereocenters. The van der Waals surface area contributed by atoms with E-state index in [1.165, 1.54) is 12.1 Å². The Balaban J connectivity index is 1.82. The minimum Gasteiger partial charge on any atom is -0.508 e. The van der Waals surface area contributed by atoms with Gasteiger partial charge in [0.2, 0.25) is 0 Å². The number of hydrogen-bond donors (Lipinski definition) is 3. The fraction of sp³-hybridized carbons (Fsp3) is 0.350. The van der Waals surface area contributed by atoms with E-state index in [4.69, 9.17) is 5.73 Å². The van der Waals surface area contributed by atoms with E-state index in [9.17, 15) is 14.3 Å². The van der Waals surface area contributed by atoms with Crippen molar-refractivity contribution >= 4 is 16.9 Å². The van der Waals surface area contributed by atoms with Crippen molar-refractivity contribution in [2.75, 3.05) is 19.6 Å². The van der Waals surface area contributed by atoms with E-state index in [2.05, 4.69) is 15.2 Å². The van der Waals surface area contributed by atoms with Crippen LogP contribution in [-0.2, 0) is 0 Å². The number of halogens is 1. The fourth-order valence-electron chi connectivity index (χ4n) is 3.81. The van der Waals surface area contributed by atoms with Crippen molar-refractivity contribution in [2.24, 2.45) is 11.7 Å². The van der Waals surface area contributed by atoms with Crippen LogP contribution < -0.4 is 5.73 Å². The number of hydrogen-bond acceptors (Lipinski definition) is 5. The number of phenolic OH excluding ortho intramolecular Hbond substituents is 1. The number of H-pyrrole nitrogens is 1.